The molecule has 0 N–H and O–H groups in total. The summed E-state index contributed by atoms with van der Waals surface area (Å²) >= 11 is 0. The van der Waals surface area contributed by atoms with Gasteiger partial charge in [-0.3, -0.25) is 10.1 Å². The van der Waals surface area contributed by atoms with Gasteiger partial charge in [-0.15, -0.1) is 0 Å². The van der Waals surface area contributed by atoms with Gasteiger partial charge in [0.25, 0.3) is 5.69 Å². The van der Waals surface area contributed by atoms with Crippen LogP contribution in [0.5, 0.6) is 0 Å². The minimum atomic E-state index is -0.511. The number of rotatable bonds is 3. The number of hydrogen-bond acceptors (Lipinski definition) is 4. The molecule has 6 nitrogen and oxygen atoms in total. The zero-order valence-corrected chi connectivity index (χ0v) is 12.5. The molecule has 21 heavy (non-hydrogen) atoms. The van der Waals surface area contributed by atoms with Crippen molar-refractivity contribution in [2.75, 3.05) is 6.54 Å². The summed E-state index contributed by atoms with van der Waals surface area (Å²) in [6.45, 7) is 6.18. The predicted molar refractivity (Wildman–Crippen MR) is 78.1 cm³/mol. The second-order valence-corrected chi connectivity index (χ2v) is 6.25. The van der Waals surface area contributed by atoms with Crippen LogP contribution < -0.4 is 0 Å². The van der Waals surface area contributed by atoms with Gasteiger partial charge in [0.05, 0.1) is 4.92 Å². The molecule has 6 heteroatoms. The maximum absolute atomic E-state index is 12.0. The van der Waals surface area contributed by atoms with Gasteiger partial charge in [0, 0.05) is 24.7 Å². The Morgan fingerprint density at radius 1 is 1.48 bits per heavy atom. The van der Waals surface area contributed by atoms with Crippen LogP contribution in [-0.4, -0.2) is 34.1 Å². The molecule has 0 saturated carbocycles. The standard InChI is InChI=1S/C15H20N2O4/c1-15(2,3)21-14(18)16-8-7-12(16)9-11-5-4-6-13(10-11)17(19)20/h4-6,10,12H,7-9H2,1-3H3. The number of nitrogens with zero attached hydrogens (tertiary/aromatic N) is 2. The Labute approximate surface area is 123 Å². The first kappa shape index (κ1) is 15.3. The van der Waals surface area contributed by atoms with E-state index in [1.54, 1.807) is 17.0 Å². The number of non-ortho nitro benzene ring substituents is 1. The lowest BCUT2D eigenvalue weighted by molar-refractivity contribution is -0.384. The van der Waals surface area contributed by atoms with E-state index in [9.17, 15) is 14.9 Å². The molecule has 114 valence electrons. The van der Waals surface area contributed by atoms with Crippen molar-refractivity contribution in [2.24, 2.45) is 0 Å². The number of hydrogen-bond donors (Lipinski definition) is 0. The third kappa shape index (κ3) is 3.93. The van der Waals surface area contributed by atoms with E-state index in [0.29, 0.717) is 13.0 Å². The van der Waals surface area contributed by atoms with Crippen molar-refractivity contribution in [2.45, 2.75) is 45.3 Å². The third-order valence-corrected chi connectivity index (χ3v) is 3.36. The summed E-state index contributed by atoms with van der Waals surface area (Å²) in [4.78, 5) is 24.1. The molecule has 1 aromatic rings. The highest BCUT2D eigenvalue weighted by molar-refractivity contribution is 5.69. The molecule has 0 aromatic heterocycles. The largest absolute Gasteiger partial charge is 0.444 e. The molecule has 0 bridgehead atoms. The van der Waals surface area contributed by atoms with Gasteiger partial charge in [0.15, 0.2) is 0 Å². The highest BCUT2D eigenvalue weighted by Gasteiger charge is 2.35. The zero-order valence-electron chi connectivity index (χ0n) is 12.5. The molecule has 1 aliphatic heterocycles. The van der Waals surface area contributed by atoms with Gasteiger partial charge in [-0.25, -0.2) is 4.79 Å². The van der Waals surface area contributed by atoms with Crippen molar-refractivity contribution < 1.29 is 14.5 Å². The minimum Gasteiger partial charge on any atom is -0.444 e. The molecular weight excluding hydrogens is 272 g/mol. The van der Waals surface area contributed by atoms with Crippen LogP contribution in [0, 0.1) is 10.1 Å². The van der Waals surface area contributed by atoms with E-state index in [1.165, 1.54) is 6.07 Å². The molecular formula is C15H20N2O4. The Morgan fingerprint density at radius 2 is 2.19 bits per heavy atom. The molecule has 1 unspecified atom stereocenters. The first-order valence-electron chi connectivity index (χ1n) is 6.99. The van der Waals surface area contributed by atoms with Crippen LogP contribution >= 0.6 is 0 Å². The normalized spacial score (nSPS) is 18.0. The molecule has 0 spiro atoms. The Hall–Kier alpha value is -2.11. The van der Waals surface area contributed by atoms with Crippen molar-refractivity contribution in [3.8, 4) is 0 Å². The topological polar surface area (TPSA) is 72.7 Å². The van der Waals surface area contributed by atoms with Gasteiger partial charge in [-0.1, -0.05) is 12.1 Å². The fourth-order valence-corrected chi connectivity index (χ4v) is 2.28. The van der Waals surface area contributed by atoms with Gasteiger partial charge < -0.3 is 9.64 Å². The molecule has 1 aromatic carbocycles. The number of carbonyl (C=O) groups is 1. The van der Waals surface area contributed by atoms with Crippen LogP contribution in [0.1, 0.15) is 32.8 Å². The summed E-state index contributed by atoms with van der Waals surface area (Å²) in [7, 11) is 0. The lowest BCUT2D eigenvalue weighted by atomic mass is 9.95. The molecule has 1 atom stereocenters. The highest BCUT2D eigenvalue weighted by Crippen LogP contribution is 2.25. The van der Waals surface area contributed by atoms with Gasteiger partial charge in [0.1, 0.15) is 5.60 Å². The highest BCUT2D eigenvalue weighted by atomic mass is 16.6. The number of carbonyl (C=O) groups excluding carboxylic acids is 1. The number of benzene rings is 1. The quantitative estimate of drug-likeness (QED) is 0.633. The zero-order chi connectivity index (χ0) is 15.6. The smallest absolute Gasteiger partial charge is 0.410 e. The molecule has 1 amide bonds. The number of ether oxygens (including phenoxy) is 1. The molecule has 2 rings (SSSR count). The first-order chi connectivity index (χ1) is 9.76. The second kappa shape index (κ2) is 5.71. The van der Waals surface area contributed by atoms with Crippen molar-refractivity contribution in [1.29, 1.82) is 0 Å². The molecule has 1 heterocycles. The Balaban J connectivity index is 1.99. The number of amides is 1. The van der Waals surface area contributed by atoms with Gasteiger partial charge in [-0.05, 0) is 39.2 Å². The van der Waals surface area contributed by atoms with Crippen LogP contribution in [0.15, 0.2) is 24.3 Å². The average Bonchev–Trinajstić information content (AvgIpc) is 2.32. The third-order valence-electron chi connectivity index (χ3n) is 3.36. The molecule has 1 aliphatic rings. The van der Waals surface area contributed by atoms with Crippen LogP contribution in [0.4, 0.5) is 10.5 Å². The van der Waals surface area contributed by atoms with Gasteiger partial charge >= 0.3 is 6.09 Å². The first-order valence-corrected chi connectivity index (χ1v) is 6.99. The van der Waals surface area contributed by atoms with Crippen molar-refractivity contribution in [3.05, 3.63) is 39.9 Å². The minimum absolute atomic E-state index is 0.0573. The Bertz CT molecular complexity index is 551. The number of nitro benzene ring substituents is 1. The van der Waals surface area contributed by atoms with E-state index in [1.807, 2.05) is 26.8 Å². The monoisotopic (exact) mass is 292 g/mol. The summed E-state index contributed by atoms with van der Waals surface area (Å²) in [5.41, 5.74) is 0.432. The molecule has 1 fully saturated rings. The van der Waals surface area contributed by atoms with E-state index in [-0.39, 0.29) is 17.8 Å². The Morgan fingerprint density at radius 3 is 2.71 bits per heavy atom. The number of likely N-dealkylation sites (tertiary alicyclic amines) is 1. The van der Waals surface area contributed by atoms with Crippen LogP contribution in [0.3, 0.4) is 0 Å². The maximum atomic E-state index is 12.0. The van der Waals surface area contributed by atoms with Crippen molar-refractivity contribution in [3.63, 3.8) is 0 Å². The van der Waals surface area contributed by atoms with Crippen LogP contribution in [0.25, 0.3) is 0 Å². The van der Waals surface area contributed by atoms with E-state index in [4.69, 9.17) is 4.74 Å². The predicted octanol–water partition coefficient (Wildman–Crippen LogP) is 3.15. The summed E-state index contributed by atoms with van der Waals surface area (Å²) in [6.07, 6.45) is 1.19. The average molecular weight is 292 g/mol. The van der Waals surface area contributed by atoms with Crippen LogP contribution in [-0.2, 0) is 11.2 Å². The summed E-state index contributed by atoms with van der Waals surface area (Å²) in [5.74, 6) is 0. The molecule has 0 radical (unpaired) electrons. The molecule has 1 saturated heterocycles. The molecule has 0 aliphatic carbocycles. The fourth-order valence-electron chi connectivity index (χ4n) is 2.28. The SMILES string of the molecule is CC(C)(C)OC(=O)N1CCC1Cc1cccc([N+](=O)[O-])c1. The Kier molecular flexibility index (Phi) is 4.16. The summed E-state index contributed by atoms with van der Waals surface area (Å²) in [5, 5.41) is 10.8. The van der Waals surface area contributed by atoms with E-state index in [0.717, 1.165) is 12.0 Å². The van der Waals surface area contributed by atoms with E-state index >= 15 is 0 Å². The lowest BCUT2D eigenvalue weighted by Crippen LogP contribution is -2.53. The van der Waals surface area contributed by atoms with Gasteiger partial charge in [-0.2, -0.15) is 0 Å². The van der Waals surface area contributed by atoms with E-state index < -0.39 is 10.5 Å². The maximum Gasteiger partial charge on any atom is 0.410 e. The number of nitro groups is 1. The van der Waals surface area contributed by atoms with E-state index in [2.05, 4.69) is 0 Å². The van der Waals surface area contributed by atoms with Crippen molar-refractivity contribution in [1.82, 2.24) is 4.90 Å². The summed E-state index contributed by atoms with van der Waals surface area (Å²) < 4.78 is 5.35. The van der Waals surface area contributed by atoms with Crippen LogP contribution in [0.2, 0.25) is 0 Å². The van der Waals surface area contributed by atoms with Gasteiger partial charge in [0.2, 0.25) is 0 Å². The van der Waals surface area contributed by atoms with Crippen molar-refractivity contribution >= 4 is 11.8 Å². The fraction of sp³-hybridized carbons (Fsp3) is 0.533. The summed E-state index contributed by atoms with van der Waals surface area (Å²) in [6, 6.07) is 6.60. The lowest BCUT2D eigenvalue weighted by Gasteiger charge is -2.41. The second-order valence-electron chi connectivity index (χ2n) is 6.25.